The highest BCUT2D eigenvalue weighted by Crippen LogP contribution is 2.31. The van der Waals surface area contributed by atoms with Gasteiger partial charge in [-0.2, -0.15) is 0 Å². The van der Waals surface area contributed by atoms with E-state index in [4.69, 9.17) is 11.6 Å². The Kier molecular flexibility index (Phi) is 4.22. The van der Waals surface area contributed by atoms with E-state index in [0.29, 0.717) is 5.69 Å². The van der Waals surface area contributed by atoms with Gasteiger partial charge in [-0.15, -0.1) is 13.2 Å². The third-order valence-electron chi connectivity index (χ3n) is 3.79. The van der Waals surface area contributed by atoms with Crippen molar-refractivity contribution in [2.45, 2.75) is 6.36 Å². The second-order valence-electron chi connectivity index (χ2n) is 5.63. The predicted octanol–water partition coefficient (Wildman–Crippen LogP) is 5.46. The average molecular weight is 415 g/mol. The quantitative estimate of drug-likeness (QED) is 0.357. The molecule has 0 aliphatic carbocycles. The van der Waals surface area contributed by atoms with Crippen molar-refractivity contribution in [3.8, 4) is 5.75 Å². The lowest BCUT2D eigenvalue weighted by Crippen LogP contribution is -2.17. The van der Waals surface area contributed by atoms with E-state index >= 15 is 0 Å². The van der Waals surface area contributed by atoms with E-state index in [1.807, 2.05) is 0 Å². The first kappa shape index (κ1) is 18.2. The number of nitrogens with zero attached hydrogens (tertiary/aromatic N) is 3. The normalized spacial score (nSPS) is 11.9. The number of fused-ring (bicyclic) bond motifs is 3. The first-order chi connectivity index (χ1) is 13.2. The molecule has 4 aromatic rings. The second kappa shape index (κ2) is 6.48. The van der Waals surface area contributed by atoms with Crippen LogP contribution in [0.15, 0.2) is 42.7 Å². The minimum absolute atomic E-state index is 0.0237. The Bertz CT molecular complexity index is 1190. The van der Waals surface area contributed by atoms with Gasteiger partial charge in [0.05, 0.1) is 5.52 Å². The molecule has 0 saturated carbocycles. The van der Waals surface area contributed by atoms with Crippen LogP contribution in [0.25, 0.3) is 16.7 Å². The minimum atomic E-state index is -4.80. The highest BCUT2D eigenvalue weighted by atomic mass is 35.5. The topological polar surface area (TPSA) is 51.5 Å². The number of nitrogens with one attached hydrogen (secondary N) is 1. The van der Waals surface area contributed by atoms with Gasteiger partial charge in [0.15, 0.2) is 17.3 Å². The van der Waals surface area contributed by atoms with Crippen molar-refractivity contribution in [1.29, 1.82) is 0 Å². The van der Waals surface area contributed by atoms with Crippen LogP contribution in [-0.4, -0.2) is 20.7 Å². The van der Waals surface area contributed by atoms with Gasteiger partial charge in [-0.05, 0) is 24.3 Å². The molecule has 0 fully saturated rings. The smallest absolute Gasteiger partial charge is 0.406 e. The van der Waals surface area contributed by atoms with Crippen molar-refractivity contribution >= 4 is 39.8 Å². The number of aromatic nitrogens is 3. The van der Waals surface area contributed by atoms with Crippen molar-refractivity contribution in [2.24, 2.45) is 0 Å². The first-order valence-corrected chi connectivity index (χ1v) is 8.04. The molecule has 0 aliphatic rings. The van der Waals surface area contributed by atoms with Crippen LogP contribution in [0, 0.1) is 11.6 Å². The maximum Gasteiger partial charge on any atom is 0.573 e. The molecule has 11 heteroatoms. The van der Waals surface area contributed by atoms with E-state index in [2.05, 4.69) is 20.0 Å². The Morgan fingerprint density at radius 3 is 2.50 bits per heavy atom. The molecule has 2 aromatic carbocycles. The van der Waals surface area contributed by atoms with E-state index in [1.165, 1.54) is 28.9 Å². The fraction of sp³-hybridized carbons (Fsp3) is 0.0588. The highest BCUT2D eigenvalue weighted by Gasteiger charge is 2.31. The molecule has 4 rings (SSSR count). The summed E-state index contributed by atoms with van der Waals surface area (Å²) in [6.45, 7) is 0. The van der Waals surface area contributed by atoms with E-state index in [1.54, 1.807) is 0 Å². The van der Waals surface area contributed by atoms with Crippen LogP contribution in [-0.2, 0) is 0 Å². The Morgan fingerprint density at radius 1 is 1.11 bits per heavy atom. The van der Waals surface area contributed by atoms with Crippen LogP contribution in [0.3, 0.4) is 0 Å². The molecular formula is C17H8ClF5N4O. The van der Waals surface area contributed by atoms with Gasteiger partial charge in [-0.1, -0.05) is 11.6 Å². The monoisotopic (exact) mass is 414 g/mol. The standard InChI is InChI=1S/C17H8ClF5N4O/c18-12-10(19)7-11-14(13(12)20)27-6-5-24-16(27)15(26-11)25-8-1-3-9(4-2-8)28-17(21,22)23/h1-7H,(H,25,26). The highest BCUT2D eigenvalue weighted by molar-refractivity contribution is 6.31. The largest absolute Gasteiger partial charge is 0.573 e. The molecule has 28 heavy (non-hydrogen) atoms. The average Bonchev–Trinajstić information content (AvgIpc) is 3.10. The molecular weight excluding hydrogens is 407 g/mol. The van der Waals surface area contributed by atoms with Gasteiger partial charge in [0.25, 0.3) is 0 Å². The number of halogens is 6. The summed E-state index contributed by atoms with van der Waals surface area (Å²) in [5, 5.41) is 2.20. The van der Waals surface area contributed by atoms with Crippen LogP contribution < -0.4 is 10.1 Å². The summed E-state index contributed by atoms with van der Waals surface area (Å²) in [6, 6.07) is 5.86. The summed E-state index contributed by atoms with van der Waals surface area (Å²) in [5.74, 6) is -2.21. The first-order valence-electron chi connectivity index (χ1n) is 7.66. The van der Waals surface area contributed by atoms with E-state index in [-0.39, 0.29) is 22.5 Å². The maximum absolute atomic E-state index is 14.4. The van der Waals surface area contributed by atoms with Crippen molar-refractivity contribution in [2.75, 3.05) is 5.32 Å². The van der Waals surface area contributed by atoms with E-state index in [0.717, 1.165) is 18.2 Å². The molecule has 1 N–H and O–H groups in total. The number of imidazole rings is 1. The van der Waals surface area contributed by atoms with Gasteiger partial charge in [-0.25, -0.2) is 18.7 Å². The molecule has 0 radical (unpaired) electrons. The molecule has 0 atom stereocenters. The van der Waals surface area contributed by atoms with Crippen LogP contribution in [0.4, 0.5) is 33.5 Å². The lowest BCUT2D eigenvalue weighted by atomic mass is 10.2. The maximum atomic E-state index is 14.4. The van der Waals surface area contributed by atoms with Crippen molar-refractivity contribution in [1.82, 2.24) is 14.4 Å². The molecule has 5 nitrogen and oxygen atoms in total. The lowest BCUT2D eigenvalue weighted by Gasteiger charge is -2.12. The third kappa shape index (κ3) is 3.26. The summed E-state index contributed by atoms with van der Waals surface area (Å²) >= 11 is 5.64. The number of ether oxygens (including phenoxy) is 1. The zero-order chi connectivity index (χ0) is 20.1. The molecule has 0 saturated heterocycles. The van der Waals surface area contributed by atoms with Crippen LogP contribution in [0.2, 0.25) is 5.02 Å². The van der Waals surface area contributed by atoms with Gasteiger partial charge in [0.1, 0.15) is 22.1 Å². The number of anilines is 2. The van der Waals surface area contributed by atoms with Gasteiger partial charge >= 0.3 is 6.36 Å². The van der Waals surface area contributed by atoms with Crippen LogP contribution >= 0.6 is 11.6 Å². The summed E-state index contributed by atoms with van der Waals surface area (Å²) in [4.78, 5) is 8.26. The van der Waals surface area contributed by atoms with Gasteiger partial charge < -0.3 is 10.1 Å². The molecule has 0 unspecified atom stereocenters. The Balaban J connectivity index is 1.76. The Labute approximate surface area is 158 Å². The zero-order valence-corrected chi connectivity index (χ0v) is 14.3. The molecule has 144 valence electrons. The summed E-state index contributed by atoms with van der Waals surface area (Å²) < 4.78 is 70.1. The molecule has 0 amide bonds. The number of hydrogen-bond acceptors (Lipinski definition) is 4. The molecule has 0 aliphatic heterocycles. The zero-order valence-electron chi connectivity index (χ0n) is 13.6. The van der Waals surface area contributed by atoms with Crippen LogP contribution in [0.5, 0.6) is 5.75 Å². The van der Waals surface area contributed by atoms with E-state index in [9.17, 15) is 22.0 Å². The van der Waals surface area contributed by atoms with Crippen molar-refractivity contribution in [3.05, 3.63) is 59.4 Å². The number of rotatable bonds is 3. The third-order valence-corrected chi connectivity index (χ3v) is 4.14. The minimum Gasteiger partial charge on any atom is -0.406 e. The number of alkyl halides is 3. The molecule has 2 heterocycles. The summed E-state index contributed by atoms with van der Waals surface area (Å²) in [5.41, 5.74) is 0.494. The fourth-order valence-electron chi connectivity index (χ4n) is 2.68. The summed E-state index contributed by atoms with van der Waals surface area (Å²) in [7, 11) is 0. The van der Waals surface area contributed by atoms with E-state index < -0.39 is 28.8 Å². The fourth-order valence-corrected chi connectivity index (χ4v) is 2.82. The van der Waals surface area contributed by atoms with Crippen LogP contribution in [0.1, 0.15) is 0 Å². The molecule has 0 spiro atoms. The Hall–Kier alpha value is -3.14. The SMILES string of the molecule is Fc1cc2nc(Nc3ccc(OC(F)(F)F)cc3)c3nccn3c2c(F)c1Cl. The molecule has 0 bridgehead atoms. The Morgan fingerprint density at radius 2 is 1.82 bits per heavy atom. The molecule has 2 aromatic heterocycles. The second-order valence-corrected chi connectivity index (χ2v) is 6.01. The van der Waals surface area contributed by atoms with Gasteiger partial charge in [-0.3, -0.25) is 4.40 Å². The number of hydrogen-bond donors (Lipinski definition) is 1. The predicted molar refractivity (Wildman–Crippen MR) is 91.8 cm³/mol. The van der Waals surface area contributed by atoms with Gasteiger partial charge in [0.2, 0.25) is 0 Å². The number of benzene rings is 2. The lowest BCUT2D eigenvalue weighted by molar-refractivity contribution is -0.274. The van der Waals surface area contributed by atoms with Crippen molar-refractivity contribution < 1.29 is 26.7 Å². The van der Waals surface area contributed by atoms with Gasteiger partial charge in [0, 0.05) is 24.1 Å². The summed E-state index contributed by atoms with van der Waals surface area (Å²) in [6.07, 6.45) is -1.97. The van der Waals surface area contributed by atoms with Crippen molar-refractivity contribution in [3.63, 3.8) is 0 Å².